The summed E-state index contributed by atoms with van der Waals surface area (Å²) in [6.45, 7) is 2.06. The number of aryl methyl sites for hydroxylation is 1. The van der Waals surface area contributed by atoms with Crippen LogP contribution in [0.1, 0.15) is 18.0 Å². The Hall–Kier alpha value is -1.62. The Labute approximate surface area is 92.7 Å². The zero-order valence-electron chi connectivity index (χ0n) is 9.18. The summed E-state index contributed by atoms with van der Waals surface area (Å²) in [5.74, 6) is 1.22. The Bertz CT molecular complexity index is 577. The van der Waals surface area contributed by atoms with Crippen LogP contribution in [0.3, 0.4) is 0 Å². The minimum atomic E-state index is -0.0193. The Morgan fingerprint density at radius 3 is 3.19 bits per heavy atom. The fourth-order valence-electron chi connectivity index (χ4n) is 2.32. The van der Waals surface area contributed by atoms with Crippen molar-refractivity contribution in [2.75, 3.05) is 13.1 Å². The molecular formula is C11H14N4O. The molecule has 5 nitrogen and oxygen atoms in total. The van der Waals surface area contributed by atoms with Gasteiger partial charge in [0.25, 0.3) is 5.56 Å². The number of hydrogen-bond acceptors (Lipinski definition) is 3. The number of aromatic nitrogens is 3. The molecule has 1 aliphatic heterocycles. The van der Waals surface area contributed by atoms with Gasteiger partial charge in [-0.05, 0) is 13.0 Å². The van der Waals surface area contributed by atoms with Crippen molar-refractivity contribution in [3.05, 3.63) is 34.5 Å². The Kier molecular flexibility index (Phi) is 2.07. The molecule has 0 amide bonds. The second-order valence-electron chi connectivity index (χ2n) is 4.26. The van der Waals surface area contributed by atoms with Crippen LogP contribution in [0.5, 0.6) is 0 Å². The molecule has 1 atom stereocenters. The van der Waals surface area contributed by atoms with E-state index in [0.717, 1.165) is 25.3 Å². The van der Waals surface area contributed by atoms with Crippen molar-refractivity contribution in [1.29, 1.82) is 0 Å². The van der Waals surface area contributed by atoms with Gasteiger partial charge in [-0.2, -0.15) is 0 Å². The summed E-state index contributed by atoms with van der Waals surface area (Å²) in [5.41, 5.74) is 1.17. The second-order valence-corrected chi connectivity index (χ2v) is 4.26. The monoisotopic (exact) mass is 218 g/mol. The highest BCUT2D eigenvalue weighted by atomic mass is 16.1. The van der Waals surface area contributed by atoms with Crippen LogP contribution >= 0.6 is 0 Å². The van der Waals surface area contributed by atoms with E-state index in [9.17, 15) is 4.79 Å². The third kappa shape index (κ3) is 1.28. The molecule has 3 heterocycles. The van der Waals surface area contributed by atoms with Gasteiger partial charge in [-0.15, -0.1) is 0 Å². The van der Waals surface area contributed by atoms with Crippen molar-refractivity contribution in [1.82, 2.24) is 19.3 Å². The van der Waals surface area contributed by atoms with Gasteiger partial charge in [0.05, 0.1) is 6.20 Å². The predicted molar refractivity (Wildman–Crippen MR) is 60.7 cm³/mol. The molecule has 0 aliphatic carbocycles. The summed E-state index contributed by atoms with van der Waals surface area (Å²) in [5, 5.41) is 3.34. The maximum atomic E-state index is 11.5. The van der Waals surface area contributed by atoms with Gasteiger partial charge in [-0.25, -0.2) is 4.98 Å². The lowest BCUT2D eigenvalue weighted by Gasteiger charge is -2.08. The molecule has 0 radical (unpaired) electrons. The zero-order chi connectivity index (χ0) is 11.1. The summed E-state index contributed by atoms with van der Waals surface area (Å²) in [6.07, 6.45) is 4.83. The van der Waals surface area contributed by atoms with E-state index in [2.05, 4.69) is 10.3 Å². The van der Waals surface area contributed by atoms with E-state index in [1.54, 1.807) is 17.7 Å². The van der Waals surface area contributed by atoms with Crippen molar-refractivity contribution < 1.29 is 0 Å². The molecule has 0 saturated carbocycles. The number of nitrogens with one attached hydrogen (secondary N) is 1. The van der Waals surface area contributed by atoms with Gasteiger partial charge in [-0.1, -0.05) is 0 Å². The average Bonchev–Trinajstić information content (AvgIpc) is 2.91. The summed E-state index contributed by atoms with van der Waals surface area (Å²) in [6, 6.07) is 1.58. The first kappa shape index (κ1) is 9.59. The molecule has 5 heteroatoms. The van der Waals surface area contributed by atoms with Crippen LogP contribution in [0.4, 0.5) is 0 Å². The number of fused-ring (bicyclic) bond motifs is 1. The fourth-order valence-corrected chi connectivity index (χ4v) is 2.32. The number of hydrogen-bond donors (Lipinski definition) is 1. The van der Waals surface area contributed by atoms with Gasteiger partial charge in [0.1, 0.15) is 0 Å². The van der Waals surface area contributed by atoms with Crippen molar-refractivity contribution in [2.45, 2.75) is 12.3 Å². The summed E-state index contributed by atoms with van der Waals surface area (Å²) >= 11 is 0. The maximum absolute atomic E-state index is 11.5. The molecule has 0 aromatic carbocycles. The van der Waals surface area contributed by atoms with E-state index < -0.39 is 0 Å². The SMILES string of the molecule is Cn1c(=O)ccn2c(C3CCNC3)cnc12. The van der Waals surface area contributed by atoms with Crippen LogP contribution < -0.4 is 10.9 Å². The molecule has 1 N–H and O–H groups in total. The highest BCUT2D eigenvalue weighted by Gasteiger charge is 2.20. The van der Waals surface area contributed by atoms with Gasteiger partial charge in [-0.3, -0.25) is 13.8 Å². The Balaban J connectivity index is 2.20. The lowest BCUT2D eigenvalue weighted by Crippen LogP contribution is -2.18. The predicted octanol–water partition coefficient (Wildman–Crippen LogP) is 0.110. The lowest BCUT2D eigenvalue weighted by atomic mass is 10.1. The van der Waals surface area contributed by atoms with Crippen molar-refractivity contribution in [3.8, 4) is 0 Å². The van der Waals surface area contributed by atoms with E-state index in [4.69, 9.17) is 0 Å². The quantitative estimate of drug-likeness (QED) is 0.739. The fraction of sp³-hybridized carbons (Fsp3) is 0.455. The zero-order valence-corrected chi connectivity index (χ0v) is 9.18. The molecule has 0 spiro atoms. The third-order valence-electron chi connectivity index (χ3n) is 3.28. The summed E-state index contributed by atoms with van der Waals surface area (Å²) in [7, 11) is 1.75. The van der Waals surface area contributed by atoms with Crippen LogP contribution in [0, 0.1) is 0 Å². The topological polar surface area (TPSA) is 51.3 Å². The average molecular weight is 218 g/mol. The first-order valence-electron chi connectivity index (χ1n) is 5.51. The van der Waals surface area contributed by atoms with Crippen LogP contribution in [0.15, 0.2) is 23.3 Å². The molecule has 1 saturated heterocycles. The molecule has 1 unspecified atom stereocenters. The van der Waals surface area contributed by atoms with Crippen LogP contribution in [0.2, 0.25) is 0 Å². The molecule has 2 aromatic heterocycles. The molecule has 84 valence electrons. The van der Waals surface area contributed by atoms with E-state index in [-0.39, 0.29) is 5.56 Å². The standard InChI is InChI=1S/C11H14N4O/c1-14-10(16)3-5-15-9(7-13-11(14)15)8-2-4-12-6-8/h3,5,7-8,12H,2,4,6H2,1H3. The first-order chi connectivity index (χ1) is 7.77. The first-order valence-corrected chi connectivity index (χ1v) is 5.51. The van der Waals surface area contributed by atoms with E-state index in [1.807, 2.05) is 16.8 Å². The maximum Gasteiger partial charge on any atom is 0.254 e. The minimum absolute atomic E-state index is 0.0193. The number of nitrogens with zero attached hydrogens (tertiary/aromatic N) is 3. The smallest absolute Gasteiger partial charge is 0.254 e. The van der Waals surface area contributed by atoms with Gasteiger partial charge >= 0.3 is 0 Å². The number of rotatable bonds is 1. The molecule has 2 aromatic rings. The largest absolute Gasteiger partial charge is 0.316 e. The van der Waals surface area contributed by atoms with Crippen molar-refractivity contribution >= 4 is 5.78 Å². The van der Waals surface area contributed by atoms with E-state index in [0.29, 0.717) is 5.92 Å². The van der Waals surface area contributed by atoms with Crippen molar-refractivity contribution in [3.63, 3.8) is 0 Å². The lowest BCUT2D eigenvalue weighted by molar-refractivity contribution is 0.717. The van der Waals surface area contributed by atoms with Crippen LogP contribution in [-0.4, -0.2) is 27.0 Å². The van der Waals surface area contributed by atoms with Crippen molar-refractivity contribution in [2.24, 2.45) is 7.05 Å². The van der Waals surface area contributed by atoms with Gasteiger partial charge in [0, 0.05) is 37.5 Å². The van der Waals surface area contributed by atoms with E-state index in [1.165, 1.54) is 5.69 Å². The molecular weight excluding hydrogens is 204 g/mol. The van der Waals surface area contributed by atoms with Gasteiger partial charge < -0.3 is 5.32 Å². The highest BCUT2D eigenvalue weighted by Crippen LogP contribution is 2.22. The summed E-state index contributed by atoms with van der Waals surface area (Å²) in [4.78, 5) is 15.8. The van der Waals surface area contributed by atoms with E-state index >= 15 is 0 Å². The number of imidazole rings is 1. The Morgan fingerprint density at radius 1 is 1.56 bits per heavy atom. The molecule has 1 aliphatic rings. The third-order valence-corrected chi connectivity index (χ3v) is 3.28. The molecule has 0 bridgehead atoms. The second kappa shape index (κ2) is 3.45. The van der Waals surface area contributed by atoms with Crippen LogP contribution in [-0.2, 0) is 7.05 Å². The minimum Gasteiger partial charge on any atom is -0.316 e. The highest BCUT2D eigenvalue weighted by molar-refractivity contribution is 5.34. The van der Waals surface area contributed by atoms with Gasteiger partial charge in [0.15, 0.2) is 0 Å². The van der Waals surface area contributed by atoms with Crippen LogP contribution in [0.25, 0.3) is 5.78 Å². The normalized spacial score (nSPS) is 20.7. The summed E-state index contributed by atoms with van der Waals surface area (Å²) < 4.78 is 3.59. The van der Waals surface area contributed by atoms with Gasteiger partial charge in [0.2, 0.25) is 5.78 Å². The molecule has 16 heavy (non-hydrogen) atoms. The molecule has 1 fully saturated rings. The molecule has 3 rings (SSSR count). The Morgan fingerprint density at radius 2 is 2.44 bits per heavy atom.